The van der Waals surface area contributed by atoms with Crippen molar-refractivity contribution in [3.63, 3.8) is 0 Å². The van der Waals surface area contributed by atoms with E-state index in [1.807, 2.05) is 60.7 Å². The van der Waals surface area contributed by atoms with E-state index in [1.54, 1.807) is 24.3 Å². The molecule has 4 aromatic carbocycles. The number of benzene rings is 4. The molecule has 0 aromatic heterocycles. The lowest BCUT2D eigenvalue weighted by atomic mass is 10.0. The third-order valence-electron chi connectivity index (χ3n) is 6.73. The van der Waals surface area contributed by atoms with Gasteiger partial charge in [-0.15, -0.1) is 0 Å². The van der Waals surface area contributed by atoms with Gasteiger partial charge in [0.05, 0.1) is 22.2 Å². The summed E-state index contributed by atoms with van der Waals surface area (Å²) < 4.78 is 13.0. The molecule has 0 heterocycles. The number of amides is 2. The molecule has 0 fully saturated rings. The SMILES string of the molecule is CCCCOc1ccc(C(=O)Nc2ccc(Cc3ccc(NC(=O)c4ccc(OCCCC)c(Br)c4)cc3)cc2)cc1Br. The number of halogens is 2. The predicted molar refractivity (Wildman–Crippen MR) is 181 cm³/mol. The Labute approximate surface area is 270 Å². The molecule has 8 heteroatoms. The summed E-state index contributed by atoms with van der Waals surface area (Å²) in [5.41, 5.74) is 4.75. The molecular formula is C35H36Br2N2O4. The van der Waals surface area contributed by atoms with Crippen molar-refractivity contribution in [2.45, 2.75) is 46.0 Å². The van der Waals surface area contributed by atoms with Crippen LogP contribution in [-0.4, -0.2) is 25.0 Å². The summed E-state index contributed by atoms with van der Waals surface area (Å²) >= 11 is 7.01. The number of hydrogen-bond acceptors (Lipinski definition) is 4. The van der Waals surface area contributed by atoms with Gasteiger partial charge >= 0.3 is 0 Å². The van der Waals surface area contributed by atoms with Crippen LogP contribution in [0.15, 0.2) is 93.9 Å². The standard InChI is InChI=1S/C35H36Br2N2O4/c1-3-5-19-42-32-17-11-26(22-30(32)36)34(40)38-28-13-7-24(8-14-28)21-25-9-15-29(16-10-25)39-35(41)27-12-18-33(31(37)23-27)43-20-6-4-2/h7-18,22-23H,3-6,19-21H2,1-2H3,(H,38,40)(H,39,41). The summed E-state index contributed by atoms with van der Waals surface area (Å²) in [6.07, 6.45) is 4.82. The van der Waals surface area contributed by atoms with Crippen LogP contribution in [0, 0.1) is 0 Å². The maximum absolute atomic E-state index is 12.8. The van der Waals surface area contributed by atoms with Gasteiger partial charge in [0.15, 0.2) is 0 Å². The van der Waals surface area contributed by atoms with Gasteiger partial charge in [-0.05, 0) is 123 Å². The monoisotopic (exact) mass is 706 g/mol. The minimum absolute atomic E-state index is 0.185. The summed E-state index contributed by atoms with van der Waals surface area (Å²) in [6, 6.07) is 26.3. The molecule has 2 amide bonds. The van der Waals surface area contributed by atoms with Crippen LogP contribution >= 0.6 is 31.9 Å². The van der Waals surface area contributed by atoms with Crippen LogP contribution in [0.5, 0.6) is 11.5 Å². The van der Waals surface area contributed by atoms with Gasteiger partial charge in [-0.2, -0.15) is 0 Å². The lowest BCUT2D eigenvalue weighted by Gasteiger charge is -2.11. The molecular weight excluding hydrogens is 672 g/mol. The number of anilines is 2. The molecule has 4 rings (SSSR count). The number of carbonyl (C=O) groups excluding carboxylic acids is 2. The molecule has 0 saturated heterocycles. The number of nitrogens with one attached hydrogen (secondary N) is 2. The molecule has 0 aliphatic carbocycles. The van der Waals surface area contributed by atoms with Gasteiger partial charge in [0.2, 0.25) is 0 Å². The fourth-order valence-corrected chi connectivity index (χ4v) is 5.21. The highest BCUT2D eigenvalue weighted by atomic mass is 79.9. The molecule has 224 valence electrons. The normalized spacial score (nSPS) is 10.7. The number of rotatable bonds is 14. The smallest absolute Gasteiger partial charge is 0.255 e. The predicted octanol–water partition coefficient (Wildman–Crippen LogP) is 9.66. The first-order valence-corrected chi connectivity index (χ1v) is 16.1. The minimum Gasteiger partial charge on any atom is -0.492 e. The van der Waals surface area contributed by atoms with Crippen LogP contribution in [-0.2, 0) is 6.42 Å². The Kier molecular flexibility index (Phi) is 12.2. The van der Waals surface area contributed by atoms with E-state index < -0.39 is 0 Å². The molecule has 6 nitrogen and oxygen atoms in total. The zero-order chi connectivity index (χ0) is 30.6. The summed E-state index contributed by atoms with van der Waals surface area (Å²) in [7, 11) is 0. The van der Waals surface area contributed by atoms with E-state index in [0.717, 1.165) is 75.1 Å². The molecule has 0 aliphatic heterocycles. The average Bonchev–Trinajstić information content (AvgIpc) is 3.01. The molecule has 0 bridgehead atoms. The van der Waals surface area contributed by atoms with Crippen LogP contribution in [0.4, 0.5) is 11.4 Å². The van der Waals surface area contributed by atoms with Crippen molar-refractivity contribution in [2.24, 2.45) is 0 Å². The molecule has 0 atom stereocenters. The Morgan fingerprint density at radius 2 is 1.00 bits per heavy atom. The fourth-order valence-electron chi connectivity index (χ4n) is 4.23. The second-order valence-corrected chi connectivity index (χ2v) is 11.9. The van der Waals surface area contributed by atoms with Gasteiger partial charge in [0.1, 0.15) is 11.5 Å². The summed E-state index contributed by atoms with van der Waals surface area (Å²) in [6.45, 7) is 5.53. The first-order chi connectivity index (χ1) is 20.9. The maximum atomic E-state index is 12.8. The highest BCUT2D eigenvalue weighted by molar-refractivity contribution is 9.10. The van der Waals surface area contributed by atoms with E-state index >= 15 is 0 Å². The van der Waals surface area contributed by atoms with Crippen molar-refractivity contribution in [3.8, 4) is 11.5 Å². The molecule has 4 aromatic rings. The van der Waals surface area contributed by atoms with Gasteiger partial charge in [-0.1, -0.05) is 51.0 Å². The van der Waals surface area contributed by atoms with E-state index in [1.165, 1.54) is 0 Å². The van der Waals surface area contributed by atoms with E-state index in [9.17, 15) is 9.59 Å². The van der Waals surface area contributed by atoms with Crippen molar-refractivity contribution in [2.75, 3.05) is 23.8 Å². The van der Waals surface area contributed by atoms with Crippen molar-refractivity contribution in [3.05, 3.63) is 116 Å². The Hall–Kier alpha value is -3.62. The van der Waals surface area contributed by atoms with Crippen LogP contribution in [0.2, 0.25) is 0 Å². The van der Waals surface area contributed by atoms with Crippen molar-refractivity contribution in [1.82, 2.24) is 0 Å². The van der Waals surface area contributed by atoms with Crippen molar-refractivity contribution in [1.29, 1.82) is 0 Å². The van der Waals surface area contributed by atoms with E-state index in [0.29, 0.717) is 24.3 Å². The quantitative estimate of drug-likeness (QED) is 0.128. The zero-order valence-corrected chi connectivity index (χ0v) is 27.6. The summed E-state index contributed by atoms with van der Waals surface area (Å²) in [4.78, 5) is 25.6. The molecule has 0 unspecified atom stereocenters. The van der Waals surface area contributed by atoms with Gasteiger partial charge in [-0.3, -0.25) is 9.59 Å². The first-order valence-electron chi connectivity index (χ1n) is 14.5. The van der Waals surface area contributed by atoms with E-state index in [-0.39, 0.29) is 11.8 Å². The van der Waals surface area contributed by atoms with Gasteiger partial charge < -0.3 is 20.1 Å². The van der Waals surface area contributed by atoms with Crippen LogP contribution < -0.4 is 20.1 Å². The van der Waals surface area contributed by atoms with E-state index in [2.05, 4.69) is 56.3 Å². The van der Waals surface area contributed by atoms with Gasteiger partial charge in [0, 0.05) is 22.5 Å². The van der Waals surface area contributed by atoms with Gasteiger partial charge in [0.25, 0.3) is 11.8 Å². The van der Waals surface area contributed by atoms with Crippen LogP contribution in [0.3, 0.4) is 0 Å². The Morgan fingerprint density at radius 1 is 0.605 bits per heavy atom. The Morgan fingerprint density at radius 3 is 1.35 bits per heavy atom. The van der Waals surface area contributed by atoms with Gasteiger partial charge in [-0.25, -0.2) is 0 Å². The van der Waals surface area contributed by atoms with Crippen molar-refractivity contribution < 1.29 is 19.1 Å². The fraction of sp³-hybridized carbons (Fsp3) is 0.257. The van der Waals surface area contributed by atoms with Crippen molar-refractivity contribution >= 4 is 55.0 Å². The topological polar surface area (TPSA) is 76.7 Å². The largest absolute Gasteiger partial charge is 0.492 e. The third-order valence-corrected chi connectivity index (χ3v) is 7.97. The van der Waals surface area contributed by atoms with Crippen LogP contribution in [0.25, 0.3) is 0 Å². The number of ether oxygens (including phenoxy) is 2. The molecule has 2 N–H and O–H groups in total. The molecule has 0 radical (unpaired) electrons. The maximum Gasteiger partial charge on any atom is 0.255 e. The van der Waals surface area contributed by atoms with Crippen LogP contribution in [0.1, 0.15) is 71.4 Å². The Balaban J connectivity index is 1.28. The first kappa shape index (κ1) is 32.3. The molecule has 43 heavy (non-hydrogen) atoms. The summed E-state index contributed by atoms with van der Waals surface area (Å²) in [5, 5.41) is 5.91. The summed E-state index contributed by atoms with van der Waals surface area (Å²) in [5.74, 6) is 1.09. The highest BCUT2D eigenvalue weighted by Gasteiger charge is 2.12. The molecule has 0 aliphatic rings. The third kappa shape index (κ3) is 9.70. The Bertz CT molecular complexity index is 1410. The number of carbonyl (C=O) groups is 2. The average molecular weight is 708 g/mol. The number of hydrogen-bond donors (Lipinski definition) is 2. The lowest BCUT2D eigenvalue weighted by molar-refractivity contribution is 0.101. The minimum atomic E-state index is -0.185. The lowest BCUT2D eigenvalue weighted by Crippen LogP contribution is -2.12. The second-order valence-electron chi connectivity index (χ2n) is 10.2. The van der Waals surface area contributed by atoms with E-state index in [4.69, 9.17) is 9.47 Å². The zero-order valence-electron chi connectivity index (χ0n) is 24.4. The highest BCUT2D eigenvalue weighted by Crippen LogP contribution is 2.28. The number of unbranched alkanes of at least 4 members (excludes halogenated alkanes) is 2. The molecule has 0 spiro atoms. The second kappa shape index (κ2) is 16.3. The molecule has 0 saturated carbocycles.